The molecule has 2 aromatic carbocycles. The van der Waals surface area contributed by atoms with E-state index < -0.39 is 36.3 Å². The van der Waals surface area contributed by atoms with Gasteiger partial charge in [-0.2, -0.15) is 13.2 Å². The fourth-order valence-corrected chi connectivity index (χ4v) is 2.23. The second kappa shape index (κ2) is 9.22. The summed E-state index contributed by atoms with van der Waals surface area (Å²) in [5, 5.41) is 2.26. The number of ketones is 1. The molecule has 1 amide bonds. The first kappa shape index (κ1) is 21.9. The van der Waals surface area contributed by atoms with Crippen molar-refractivity contribution in [3.8, 4) is 5.75 Å². The number of benzene rings is 2. The van der Waals surface area contributed by atoms with Crippen LogP contribution in [-0.4, -0.2) is 30.4 Å². The molecule has 9 heteroatoms. The molecule has 0 saturated heterocycles. The number of carbonyl (C=O) groups is 3. The molecule has 2 rings (SSSR count). The Hall–Kier alpha value is -3.36. The van der Waals surface area contributed by atoms with Gasteiger partial charge >= 0.3 is 12.1 Å². The standard InChI is InChI=1S/C20H18F3NO5/c1-12(25)14-6-8-17(9-7-14)28-11-18(26)29-13(2)19(27)24-16-5-3-4-15(10-16)20(21,22)23/h3-10,13H,11H2,1-2H3,(H,24,27)/t13-/m1/s1. The van der Waals surface area contributed by atoms with Gasteiger partial charge in [0.25, 0.3) is 5.91 Å². The minimum Gasteiger partial charge on any atom is -0.482 e. The maximum absolute atomic E-state index is 12.7. The summed E-state index contributed by atoms with van der Waals surface area (Å²) in [4.78, 5) is 35.1. The Bertz CT molecular complexity index is 894. The van der Waals surface area contributed by atoms with Crippen LogP contribution in [0.3, 0.4) is 0 Å². The zero-order valence-electron chi connectivity index (χ0n) is 15.6. The van der Waals surface area contributed by atoms with Gasteiger partial charge in [0, 0.05) is 11.3 Å². The third-order valence-corrected chi connectivity index (χ3v) is 3.75. The van der Waals surface area contributed by atoms with Crippen molar-refractivity contribution in [1.82, 2.24) is 0 Å². The fourth-order valence-electron chi connectivity index (χ4n) is 2.23. The third kappa shape index (κ3) is 6.63. The quantitative estimate of drug-likeness (QED) is 0.555. The Morgan fingerprint density at radius 1 is 1.07 bits per heavy atom. The second-order valence-electron chi connectivity index (χ2n) is 6.07. The number of anilines is 1. The van der Waals surface area contributed by atoms with Crippen LogP contribution in [0.25, 0.3) is 0 Å². The average molecular weight is 409 g/mol. The summed E-state index contributed by atoms with van der Waals surface area (Å²) in [7, 11) is 0. The monoisotopic (exact) mass is 409 g/mol. The molecule has 154 valence electrons. The van der Waals surface area contributed by atoms with Crippen molar-refractivity contribution in [3.63, 3.8) is 0 Å². The number of esters is 1. The SMILES string of the molecule is CC(=O)c1ccc(OCC(=O)O[C@H](C)C(=O)Nc2cccc(C(F)(F)F)c2)cc1. The van der Waals surface area contributed by atoms with Crippen LogP contribution in [0, 0.1) is 0 Å². The summed E-state index contributed by atoms with van der Waals surface area (Å²) in [6.07, 6.45) is -5.79. The van der Waals surface area contributed by atoms with Crippen LogP contribution >= 0.6 is 0 Å². The highest BCUT2D eigenvalue weighted by atomic mass is 19.4. The third-order valence-electron chi connectivity index (χ3n) is 3.75. The second-order valence-corrected chi connectivity index (χ2v) is 6.07. The molecule has 1 atom stereocenters. The van der Waals surface area contributed by atoms with E-state index >= 15 is 0 Å². The average Bonchev–Trinajstić information content (AvgIpc) is 2.66. The van der Waals surface area contributed by atoms with E-state index in [1.807, 2.05) is 0 Å². The Balaban J connectivity index is 1.85. The fraction of sp³-hybridized carbons (Fsp3) is 0.250. The lowest BCUT2D eigenvalue weighted by Gasteiger charge is -2.15. The zero-order valence-corrected chi connectivity index (χ0v) is 15.6. The number of alkyl halides is 3. The number of hydrogen-bond acceptors (Lipinski definition) is 5. The lowest BCUT2D eigenvalue weighted by atomic mass is 10.1. The van der Waals surface area contributed by atoms with Gasteiger partial charge in [0.15, 0.2) is 18.5 Å². The van der Waals surface area contributed by atoms with Crippen molar-refractivity contribution < 1.29 is 37.0 Å². The molecule has 0 unspecified atom stereocenters. The summed E-state index contributed by atoms with van der Waals surface area (Å²) in [5.74, 6) is -1.42. The van der Waals surface area contributed by atoms with Crippen LogP contribution in [-0.2, 0) is 20.5 Å². The van der Waals surface area contributed by atoms with Crippen molar-refractivity contribution in [2.75, 3.05) is 11.9 Å². The first-order chi connectivity index (χ1) is 13.6. The highest BCUT2D eigenvalue weighted by Gasteiger charge is 2.30. The summed E-state index contributed by atoms with van der Waals surface area (Å²) in [6.45, 7) is 2.21. The maximum atomic E-state index is 12.7. The van der Waals surface area contributed by atoms with Gasteiger partial charge in [-0.1, -0.05) is 6.07 Å². The Morgan fingerprint density at radius 2 is 1.72 bits per heavy atom. The molecule has 0 aliphatic rings. The van der Waals surface area contributed by atoms with E-state index in [9.17, 15) is 27.6 Å². The first-order valence-corrected chi connectivity index (χ1v) is 8.47. The van der Waals surface area contributed by atoms with Crippen LogP contribution in [0.2, 0.25) is 0 Å². The molecule has 0 aliphatic carbocycles. The summed E-state index contributed by atoms with van der Waals surface area (Å²) < 4.78 is 48.3. The molecule has 6 nitrogen and oxygen atoms in total. The Morgan fingerprint density at radius 3 is 2.31 bits per heavy atom. The van der Waals surface area contributed by atoms with Gasteiger partial charge in [0.2, 0.25) is 0 Å². The molecule has 0 saturated carbocycles. The molecule has 0 heterocycles. The Kier molecular flexibility index (Phi) is 6.98. The van der Waals surface area contributed by atoms with Gasteiger partial charge in [-0.15, -0.1) is 0 Å². The highest BCUT2D eigenvalue weighted by molar-refractivity contribution is 5.95. The molecule has 29 heavy (non-hydrogen) atoms. The largest absolute Gasteiger partial charge is 0.482 e. The number of rotatable bonds is 7. The van der Waals surface area contributed by atoms with E-state index in [0.29, 0.717) is 11.3 Å². The van der Waals surface area contributed by atoms with E-state index in [2.05, 4.69) is 5.32 Å². The molecule has 0 aliphatic heterocycles. The number of carbonyl (C=O) groups excluding carboxylic acids is 3. The predicted molar refractivity (Wildman–Crippen MR) is 97.6 cm³/mol. The van der Waals surface area contributed by atoms with Crippen LogP contribution in [0.5, 0.6) is 5.75 Å². The molecule has 0 spiro atoms. The lowest BCUT2D eigenvalue weighted by Crippen LogP contribution is -2.31. The van der Waals surface area contributed by atoms with Gasteiger partial charge in [-0.3, -0.25) is 9.59 Å². The van der Waals surface area contributed by atoms with E-state index in [-0.39, 0.29) is 11.5 Å². The maximum Gasteiger partial charge on any atom is 0.416 e. The molecule has 0 fully saturated rings. The number of hydrogen-bond donors (Lipinski definition) is 1. The molecule has 0 bridgehead atoms. The summed E-state index contributed by atoms with van der Waals surface area (Å²) >= 11 is 0. The van der Waals surface area contributed by atoms with E-state index in [4.69, 9.17) is 9.47 Å². The topological polar surface area (TPSA) is 81.7 Å². The van der Waals surface area contributed by atoms with Crippen molar-refractivity contribution in [2.24, 2.45) is 0 Å². The van der Waals surface area contributed by atoms with Gasteiger partial charge < -0.3 is 14.8 Å². The van der Waals surface area contributed by atoms with Crippen LogP contribution < -0.4 is 10.1 Å². The number of nitrogens with one attached hydrogen (secondary N) is 1. The van der Waals surface area contributed by atoms with E-state index in [1.165, 1.54) is 44.2 Å². The summed E-state index contributed by atoms with van der Waals surface area (Å²) in [5.41, 5.74) is -0.501. The zero-order chi connectivity index (χ0) is 21.6. The molecule has 1 N–H and O–H groups in total. The predicted octanol–water partition coefficient (Wildman–Crippen LogP) is 3.86. The minimum absolute atomic E-state index is 0.0745. The lowest BCUT2D eigenvalue weighted by molar-refractivity contribution is -0.155. The Labute approximate surface area is 164 Å². The number of halogens is 3. The van der Waals surface area contributed by atoms with E-state index in [1.54, 1.807) is 0 Å². The number of Topliss-reactive ketones (excluding diaryl/α,β-unsaturated/α-hetero) is 1. The van der Waals surface area contributed by atoms with E-state index in [0.717, 1.165) is 18.2 Å². The van der Waals surface area contributed by atoms with Gasteiger partial charge in [0.05, 0.1) is 5.56 Å². The first-order valence-electron chi connectivity index (χ1n) is 8.47. The highest BCUT2D eigenvalue weighted by Crippen LogP contribution is 2.30. The summed E-state index contributed by atoms with van der Waals surface area (Å²) in [6, 6.07) is 10.2. The normalized spacial score (nSPS) is 12.0. The molecular formula is C20H18F3NO5. The minimum atomic E-state index is -4.54. The smallest absolute Gasteiger partial charge is 0.416 e. The van der Waals surface area contributed by atoms with Crippen molar-refractivity contribution in [1.29, 1.82) is 0 Å². The number of ether oxygens (including phenoxy) is 2. The van der Waals surface area contributed by atoms with Crippen molar-refractivity contribution >= 4 is 23.3 Å². The van der Waals surface area contributed by atoms with Crippen LogP contribution in [0.1, 0.15) is 29.8 Å². The van der Waals surface area contributed by atoms with Crippen molar-refractivity contribution in [2.45, 2.75) is 26.1 Å². The molecule has 0 radical (unpaired) electrons. The van der Waals surface area contributed by atoms with Crippen molar-refractivity contribution in [3.05, 3.63) is 59.7 Å². The van der Waals surface area contributed by atoms with Gasteiger partial charge in [-0.25, -0.2) is 4.79 Å². The van der Waals surface area contributed by atoms with Gasteiger partial charge in [-0.05, 0) is 56.3 Å². The molecule has 0 aromatic heterocycles. The van der Waals surface area contributed by atoms with Crippen LogP contribution in [0.4, 0.5) is 18.9 Å². The molecular weight excluding hydrogens is 391 g/mol. The van der Waals surface area contributed by atoms with Gasteiger partial charge in [0.1, 0.15) is 5.75 Å². The van der Waals surface area contributed by atoms with Crippen LogP contribution in [0.15, 0.2) is 48.5 Å². The number of amides is 1. The molecule has 2 aromatic rings.